The summed E-state index contributed by atoms with van der Waals surface area (Å²) < 4.78 is 5.39. The van der Waals surface area contributed by atoms with Crippen molar-refractivity contribution < 1.29 is 4.74 Å². The molecule has 0 spiro atoms. The van der Waals surface area contributed by atoms with Gasteiger partial charge in [0.1, 0.15) is 5.82 Å². The second kappa shape index (κ2) is 5.40. The molecule has 1 saturated heterocycles. The van der Waals surface area contributed by atoms with Crippen molar-refractivity contribution in [2.24, 2.45) is 5.92 Å². The van der Waals surface area contributed by atoms with Crippen molar-refractivity contribution in [2.45, 2.75) is 6.42 Å². The molecule has 19 heavy (non-hydrogen) atoms. The Morgan fingerprint density at radius 3 is 3.00 bits per heavy atom. The Hall–Kier alpha value is -1.88. The lowest BCUT2D eigenvalue weighted by Gasteiger charge is -2.13. The predicted octanol–water partition coefficient (Wildman–Crippen LogP) is 2.12. The molecule has 1 fully saturated rings. The molecule has 1 unspecified atom stereocenters. The first-order valence-corrected chi connectivity index (χ1v) is 6.63. The Morgan fingerprint density at radius 2 is 2.21 bits per heavy atom. The van der Waals surface area contributed by atoms with Crippen molar-refractivity contribution in [1.82, 2.24) is 9.97 Å². The lowest BCUT2D eigenvalue weighted by atomic mass is 10.1. The van der Waals surface area contributed by atoms with Crippen LogP contribution in [0, 0.1) is 5.92 Å². The molecular weight excluding hydrogens is 240 g/mol. The van der Waals surface area contributed by atoms with Gasteiger partial charge in [-0.05, 0) is 18.6 Å². The smallest absolute Gasteiger partial charge is 0.224 e. The third-order valence-electron chi connectivity index (χ3n) is 3.41. The summed E-state index contributed by atoms with van der Waals surface area (Å²) in [7, 11) is 1.83. The first-order chi connectivity index (χ1) is 9.36. The number of nitrogens with zero attached hydrogens (tertiary/aromatic N) is 2. The molecule has 1 aromatic heterocycles. The minimum Gasteiger partial charge on any atom is -0.381 e. The van der Waals surface area contributed by atoms with Gasteiger partial charge < -0.3 is 15.4 Å². The summed E-state index contributed by atoms with van der Waals surface area (Å²) in [5.41, 5.74) is 0.951. The molecule has 1 aromatic carbocycles. The second-order valence-electron chi connectivity index (χ2n) is 4.77. The molecule has 2 heterocycles. The molecule has 0 aliphatic carbocycles. The zero-order valence-electron chi connectivity index (χ0n) is 11.0. The Morgan fingerprint density at radius 1 is 1.32 bits per heavy atom. The molecule has 2 N–H and O–H groups in total. The maximum Gasteiger partial charge on any atom is 0.224 e. The second-order valence-corrected chi connectivity index (χ2v) is 4.77. The van der Waals surface area contributed by atoms with E-state index in [1.807, 2.05) is 31.3 Å². The third-order valence-corrected chi connectivity index (χ3v) is 3.41. The standard InChI is InChI=1S/C14H18N4O/c1-15-14-17-12-5-3-2-4-11(12)13(18-14)16-8-10-6-7-19-9-10/h2-5,10H,6-9H2,1H3,(H2,15,16,17,18). The SMILES string of the molecule is CNc1nc(NCC2CCOC2)c2ccccc2n1. The number of benzene rings is 1. The molecule has 0 bridgehead atoms. The van der Waals surface area contributed by atoms with Gasteiger partial charge in [0.25, 0.3) is 0 Å². The minimum atomic E-state index is 0.576. The van der Waals surface area contributed by atoms with E-state index < -0.39 is 0 Å². The molecule has 1 aliphatic heterocycles. The van der Waals surface area contributed by atoms with Gasteiger partial charge in [0, 0.05) is 31.5 Å². The molecule has 1 atom stereocenters. The van der Waals surface area contributed by atoms with E-state index in [1.54, 1.807) is 0 Å². The maximum atomic E-state index is 5.39. The highest BCUT2D eigenvalue weighted by molar-refractivity contribution is 5.89. The van der Waals surface area contributed by atoms with Gasteiger partial charge in [-0.15, -0.1) is 0 Å². The lowest BCUT2D eigenvalue weighted by molar-refractivity contribution is 0.187. The lowest BCUT2D eigenvalue weighted by Crippen LogP contribution is -2.15. The van der Waals surface area contributed by atoms with Crippen LogP contribution in [0.3, 0.4) is 0 Å². The van der Waals surface area contributed by atoms with Crippen LogP contribution >= 0.6 is 0 Å². The third kappa shape index (κ3) is 2.61. The molecule has 5 heteroatoms. The summed E-state index contributed by atoms with van der Waals surface area (Å²) in [4.78, 5) is 8.95. The Kier molecular flexibility index (Phi) is 3.46. The summed E-state index contributed by atoms with van der Waals surface area (Å²) in [6.07, 6.45) is 1.12. The van der Waals surface area contributed by atoms with Crippen LogP contribution in [-0.4, -0.2) is 36.8 Å². The predicted molar refractivity (Wildman–Crippen MR) is 76.5 cm³/mol. The largest absolute Gasteiger partial charge is 0.381 e. The summed E-state index contributed by atoms with van der Waals surface area (Å²) in [5.74, 6) is 2.11. The van der Waals surface area contributed by atoms with Crippen LogP contribution in [0.1, 0.15) is 6.42 Å². The van der Waals surface area contributed by atoms with Crippen LogP contribution in [0.4, 0.5) is 11.8 Å². The van der Waals surface area contributed by atoms with Crippen LogP contribution in [0.5, 0.6) is 0 Å². The number of anilines is 2. The maximum absolute atomic E-state index is 5.39. The zero-order valence-corrected chi connectivity index (χ0v) is 11.0. The van der Waals surface area contributed by atoms with Gasteiger partial charge in [0.2, 0.25) is 5.95 Å². The molecule has 5 nitrogen and oxygen atoms in total. The number of hydrogen-bond donors (Lipinski definition) is 2. The van der Waals surface area contributed by atoms with Crippen molar-refractivity contribution in [3.63, 3.8) is 0 Å². The van der Waals surface area contributed by atoms with Gasteiger partial charge >= 0.3 is 0 Å². The summed E-state index contributed by atoms with van der Waals surface area (Å²) >= 11 is 0. The minimum absolute atomic E-state index is 0.576. The number of hydrogen-bond acceptors (Lipinski definition) is 5. The number of para-hydroxylation sites is 1. The van der Waals surface area contributed by atoms with E-state index >= 15 is 0 Å². The molecule has 100 valence electrons. The number of ether oxygens (including phenoxy) is 1. The molecule has 3 rings (SSSR count). The number of rotatable bonds is 4. The van der Waals surface area contributed by atoms with Crippen molar-refractivity contribution in [3.05, 3.63) is 24.3 Å². The van der Waals surface area contributed by atoms with E-state index in [-0.39, 0.29) is 0 Å². The Labute approximate surface area is 112 Å². The normalized spacial score (nSPS) is 18.7. The Balaban J connectivity index is 1.87. The summed E-state index contributed by atoms with van der Waals surface area (Å²) in [6.45, 7) is 2.61. The Bertz CT molecular complexity index is 566. The highest BCUT2D eigenvalue weighted by atomic mass is 16.5. The van der Waals surface area contributed by atoms with Gasteiger partial charge in [0.05, 0.1) is 12.1 Å². The zero-order chi connectivity index (χ0) is 13.1. The molecular formula is C14H18N4O. The van der Waals surface area contributed by atoms with Crippen molar-refractivity contribution in [2.75, 3.05) is 37.4 Å². The average Bonchev–Trinajstić information content (AvgIpc) is 2.97. The van der Waals surface area contributed by atoms with Crippen LogP contribution in [0.25, 0.3) is 10.9 Å². The first-order valence-electron chi connectivity index (χ1n) is 6.63. The fourth-order valence-electron chi connectivity index (χ4n) is 2.31. The van der Waals surface area contributed by atoms with Crippen LogP contribution < -0.4 is 10.6 Å². The first kappa shape index (κ1) is 12.2. The fourth-order valence-corrected chi connectivity index (χ4v) is 2.31. The molecule has 2 aromatic rings. The topological polar surface area (TPSA) is 59.1 Å². The van der Waals surface area contributed by atoms with Crippen LogP contribution in [-0.2, 0) is 4.74 Å². The van der Waals surface area contributed by atoms with E-state index in [4.69, 9.17) is 4.74 Å². The quantitative estimate of drug-likeness (QED) is 0.879. The van der Waals surface area contributed by atoms with Crippen molar-refractivity contribution in [3.8, 4) is 0 Å². The number of fused-ring (bicyclic) bond motifs is 1. The van der Waals surface area contributed by atoms with Gasteiger partial charge in [-0.3, -0.25) is 0 Å². The summed E-state index contributed by atoms with van der Waals surface area (Å²) in [6, 6.07) is 8.04. The van der Waals surface area contributed by atoms with E-state index in [1.165, 1.54) is 0 Å². The van der Waals surface area contributed by atoms with Crippen LogP contribution in [0.2, 0.25) is 0 Å². The van der Waals surface area contributed by atoms with Crippen LogP contribution in [0.15, 0.2) is 24.3 Å². The monoisotopic (exact) mass is 258 g/mol. The molecule has 0 radical (unpaired) electrons. The molecule has 1 aliphatic rings. The van der Waals surface area contributed by atoms with Gasteiger partial charge in [0.15, 0.2) is 0 Å². The highest BCUT2D eigenvalue weighted by Crippen LogP contribution is 2.22. The molecule has 0 saturated carbocycles. The van der Waals surface area contributed by atoms with Crippen molar-refractivity contribution in [1.29, 1.82) is 0 Å². The highest BCUT2D eigenvalue weighted by Gasteiger charge is 2.16. The van der Waals surface area contributed by atoms with Crippen molar-refractivity contribution >= 4 is 22.7 Å². The number of aromatic nitrogens is 2. The van der Waals surface area contributed by atoms with E-state index in [2.05, 4.69) is 20.6 Å². The van der Waals surface area contributed by atoms with E-state index in [9.17, 15) is 0 Å². The van der Waals surface area contributed by atoms with Gasteiger partial charge in [-0.25, -0.2) is 4.98 Å². The van der Waals surface area contributed by atoms with Gasteiger partial charge in [-0.2, -0.15) is 4.98 Å². The number of nitrogens with one attached hydrogen (secondary N) is 2. The summed E-state index contributed by atoms with van der Waals surface area (Å²) in [5, 5.41) is 7.49. The fraction of sp³-hybridized carbons (Fsp3) is 0.429. The average molecular weight is 258 g/mol. The van der Waals surface area contributed by atoms with Gasteiger partial charge in [-0.1, -0.05) is 12.1 Å². The molecule has 0 amide bonds. The van der Waals surface area contributed by atoms with E-state index in [0.717, 1.165) is 42.9 Å². The van der Waals surface area contributed by atoms with E-state index in [0.29, 0.717) is 11.9 Å².